The number of aliphatic hydroxyl groups excluding tert-OH is 1. The molecule has 1 heterocycles. The number of aryl methyl sites for hydroxylation is 1. The van der Waals surface area contributed by atoms with E-state index in [0.717, 1.165) is 5.56 Å². The molecule has 3 heteroatoms. The van der Waals surface area contributed by atoms with Gasteiger partial charge in [-0.25, -0.2) is 9.97 Å². The van der Waals surface area contributed by atoms with Crippen LogP contribution in [0.1, 0.15) is 11.4 Å². The number of rotatable bonds is 1. The van der Waals surface area contributed by atoms with Crippen molar-refractivity contribution >= 4 is 0 Å². The summed E-state index contributed by atoms with van der Waals surface area (Å²) in [6.45, 7) is 1.82. The summed E-state index contributed by atoms with van der Waals surface area (Å²) in [6.07, 6.45) is 3.36. The fourth-order valence-electron chi connectivity index (χ4n) is 0.501. The van der Waals surface area contributed by atoms with Gasteiger partial charge in [-0.05, 0) is 12.5 Å². The second-order valence-electron chi connectivity index (χ2n) is 1.83. The van der Waals surface area contributed by atoms with Gasteiger partial charge in [-0.15, -0.1) is 0 Å². The Balaban J connectivity index is 2.88. The third kappa shape index (κ3) is 1.47. The fourth-order valence-corrected chi connectivity index (χ4v) is 0.501. The van der Waals surface area contributed by atoms with E-state index < -0.39 is 0 Å². The molecule has 1 rings (SSSR count). The predicted molar refractivity (Wildman–Crippen MR) is 32.7 cm³/mol. The highest BCUT2D eigenvalue weighted by atomic mass is 16.3. The highest BCUT2D eigenvalue weighted by Gasteiger charge is 1.89. The third-order valence-corrected chi connectivity index (χ3v) is 0.976. The summed E-state index contributed by atoms with van der Waals surface area (Å²) in [4.78, 5) is 7.67. The first-order valence-electron chi connectivity index (χ1n) is 2.71. The van der Waals surface area contributed by atoms with E-state index in [1.54, 1.807) is 12.4 Å². The van der Waals surface area contributed by atoms with Crippen LogP contribution in [0.3, 0.4) is 0 Å². The van der Waals surface area contributed by atoms with Crippen molar-refractivity contribution in [1.29, 1.82) is 0 Å². The molecule has 1 aromatic rings. The Kier molecular flexibility index (Phi) is 1.75. The molecule has 0 radical (unpaired) electrons. The molecule has 0 amide bonds. The number of nitrogens with zero attached hydrogens (tertiary/aromatic N) is 2. The van der Waals surface area contributed by atoms with Crippen molar-refractivity contribution in [3.63, 3.8) is 0 Å². The molecule has 1 aromatic heterocycles. The summed E-state index contributed by atoms with van der Waals surface area (Å²) < 4.78 is 0. The molecule has 1 N–H and O–H groups in total. The second kappa shape index (κ2) is 2.55. The van der Waals surface area contributed by atoms with E-state index in [2.05, 4.69) is 9.97 Å². The van der Waals surface area contributed by atoms with Crippen molar-refractivity contribution in [2.75, 3.05) is 0 Å². The van der Waals surface area contributed by atoms with Crippen molar-refractivity contribution in [3.05, 3.63) is 23.8 Å². The lowest BCUT2D eigenvalue weighted by atomic mass is 10.4. The first-order chi connectivity index (χ1) is 4.33. The van der Waals surface area contributed by atoms with Crippen LogP contribution in [-0.2, 0) is 6.61 Å². The van der Waals surface area contributed by atoms with Crippen LogP contribution in [0.2, 0.25) is 0 Å². The number of hydrogen-bond acceptors (Lipinski definition) is 3. The van der Waals surface area contributed by atoms with Crippen LogP contribution in [0.4, 0.5) is 0 Å². The van der Waals surface area contributed by atoms with Crippen LogP contribution in [0, 0.1) is 6.92 Å². The molecule has 0 saturated heterocycles. The molecule has 3 nitrogen and oxygen atoms in total. The summed E-state index contributed by atoms with van der Waals surface area (Å²) in [5.74, 6) is 0.473. The van der Waals surface area contributed by atoms with Crippen molar-refractivity contribution in [2.24, 2.45) is 0 Å². The van der Waals surface area contributed by atoms with Crippen LogP contribution in [-0.4, -0.2) is 15.1 Å². The Morgan fingerprint density at radius 2 is 2.00 bits per heavy atom. The van der Waals surface area contributed by atoms with E-state index in [0.29, 0.717) is 5.82 Å². The highest BCUT2D eigenvalue weighted by Crippen LogP contribution is 1.91. The highest BCUT2D eigenvalue weighted by molar-refractivity contribution is 5.00. The SMILES string of the molecule is Cc1cnc(CO)nc1. The normalized spacial score (nSPS) is 9.56. The molecule has 0 saturated carbocycles. The van der Waals surface area contributed by atoms with Crippen molar-refractivity contribution in [3.8, 4) is 0 Å². The maximum absolute atomic E-state index is 8.50. The van der Waals surface area contributed by atoms with Crippen LogP contribution in [0.15, 0.2) is 12.4 Å². The quantitative estimate of drug-likeness (QED) is 0.584. The molecule has 9 heavy (non-hydrogen) atoms. The van der Waals surface area contributed by atoms with E-state index in [-0.39, 0.29) is 6.61 Å². The van der Waals surface area contributed by atoms with Gasteiger partial charge in [0.05, 0.1) is 0 Å². The maximum atomic E-state index is 8.50. The molecule has 0 unspecified atom stereocenters. The average molecular weight is 124 g/mol. The lowest BCUT2D eigenvalue weighted by Gasteiger charge is -1.92. The average Bonchev–Trinajstić information content (AvgIpc) is 1.90. The Morgan fingerprint density at radius 3 is 2.44 bits per heavy atom. The summed E-state index contributed by atoms with van der Waals surface area (Å²) in [5.41, 5.74) is 1.01. The van der Waals surface area contributed by atoms with Gasteiger partial charge in [0, 0.05) is 12.4 Å². The second-order valence-corrected chi connectivity index (χ2v) is 1.83. The molecular weight excluding hydrogens is 116 g/mol. The van der Waals surface area contributed by atoms with Crippen molar-refractivity contribution < 1.29 is 5.11 Å². The van der Waals surface area contributed by atoms with E-state index in [4.69, 9.17) is 5.11 Å². The Hall–Kier alpha value is -0.960. The molecule has 0 aliphatic heterocycles. The zero-order valence-corrected chi connectivity index (χ0v) is 5.20. The van der Waals surface area contributed by atoms with Gasteiger partial charge in [0.1, 0.15) is 6.61 Å². The van der Waals surface area contributed by atoms with Gasteiger partial charge < -0.3 is 5.11 Å². The van der Waals surface area contributed by atoms with Gasteiger partial charge in [0.15, 0.2) is 5.82 Å². The largest absolute Gasteiger partial charge is 0.388 e. The standard InChI is InChI=1S/C6H8N2O/c1-5-2-7-6(4-9)8-3-5/h2-3,9H,4H2,1H3. The maximum Gasteiger partial charge on any atom is 0.153 e. The van der Waals surface area contributed by atoms with Crippen molar-refractivity contribution in [1.82, 2.24) is 9.97 Å². The minimum absolute atomic E-state index is 0.0831. The zero-order valence-electron chi connectivity index (χ0n) is 5.20. The van der Waals surface area contributed by atoms with Crippen LogP contribution in [0.5, 0.6) is 0 Å². The molecule has 0 aliphatic rings. The van der Waals surface area contributed by atoms with Crippen LogP contribution >= 0.6 is 0 Å². The third-order valence-electron chi connectivity index (χ3n) is 0.976. The minimum atomic E-state index is -0.0831. The lowest BCUT2D eigenvalue weighted by Crippen LogP contribution is -1.92. The number of hydrogen-bond donors (Lipinski definition) is 1. The van der Waals surface area contributed by atoms with Gasteiger partial charge in [-0.2, -0.15) is 0 Å². The van der Waals surface area contributed by atoms with Gasteiger partial charge in [-0.1, -0.05) is 0 Å². The molecule has 48 valence electrons. The van der Waals surface area contributed by atoms with E-state index in [1.807, 2.05) is 6.92 Å². The molecule has 0 fully saturated rings. The van der Waals surface area contributed by atoms with Crippen molar-refractivity contribution in [2.45, 2.75) is 13.5 Å². The van der Waals surface area contributed by atoms with Crippen LogP contribution < -0.4 is 0 Å². The van der Waals surface area contributed by atoms with Gasteiger partial charge in [0.25, 0.3) is 0 Å². The molecule has 0 aliphatic carbocycles. The molecular formula is C6H8N2O. The first kappa shape index (κ1) is 6.16. The fraction of sp³-hybridized carbons (Fsp3) is 0.333. The number of aromatic nitrogens is 2. The summed E-state index contributed by atoms with van der Waals surface area (Å²) in [5, 5.41) is 8.50. The molecule has 0 spiro atoms. The first-order valence-corrected chi connectivity index (χ1v) is 2.71. The van der Waals surface area contributed by atoms with Gasteiger partial charge >= 0.3 is 0 Å². The van der Waals surface area contributed by atoms with Gasteiger partial charge in [0.2, 0.25) is 0 Å². The van der Waals surface area contributed by atoms with Gasteiger partial charge in [-0.3, -0.25) is 0 Å². The molecule has 0 bridgehead atoms. The smallest absolute Gasteiger partial charge is 0.153 e. The molecule has 0 aromatic carbocycles. The van der Waals surface area contributed by atoms with E-state index in [9.17, 15) is 0 Å². The Labute approximate surface area is 53.4 Å². The summed E-state index contributed by atoms with van der Waals surface area (Å²) in [6, 6.07) is 0. The Bertz CT molecular complexity index is 183. The summed E-state index contributed by atoms with van der Waals surface area (Å²) in [7, 11) is 0. The van der Waals surface area contributed by atoms with E-state index in [1.165, 1.54) is 0 Å². The zero-order chi connectivity index (χ0) is 6.69. The van der Waals surface area contributed by atoms with E-state index >= 15 is 0 Å². The predicted octanol–water partition coefficient (Wildman–Crippen LogP) is 0.277. The monoisotopic (exact) mass is 124 g/mol. The van der Waals surface area contributed by atoms with Crippen LogP contribution in [0.25, 0.3) is 0 Å². The molecule has 0 atom stereocenters. The Morgan fingerprint density at radius 1 is 1.44 bits per heavy atom. The lowest BCUT2D eigenvalue weighted by molar-refractivity contribution is 0.271. The summed E-state index contributed by atoms with van der Waals surface area (Å²) >= 11 is 0. The topological polar surface area (TPSA) is 46.0 Å². The number of aliphatic hydroxyl groups is 1. The minimum Gasteiger partial charge on any atom is -0.388 e.